The van der Waals surface area contributed by atoms with Crippen LogP contribution in [0.15, 0.2) is 51.4 Å². The zero-order valence-corrected chi connectivity index (χ0v) is 16.0. The molecule has 132 valence electrons. The summed E-state index contributed by atoms with van der Waals surface area (Å²) in [6, 6.07) is 12.3. The van der Waals surface area contributed by atoms with Crippen molar-refractivity contribution in [3.05, 3.63) is 53.2 Å². The first-order chi connectivity index (χ1) is 12.7. The molecule has 6 nitrogen and oxygen atoms in total. The van der Waals surface area contributed by atoms with Crippen LogP contribution in [0, 0.1) is 0 Å². The highest BCUT2D eigenvalue weighted by Gasteiger charge is 2.19. The van der Waals surface area contributed by atoms with Gasteiger partial charge in [-0.25, -0.2) is 4.98 Å². The third-order valence-electron chi connectivity index (χ3n) is 3.90. The van der Waals surface area contributed by atoms with Gasteiger partial charge in [0, 0.05) is 5.56 Å². The van der Waals surface area contributed by atoms with E-state index in [1.807, 2.05) is 24.4 Å². The van der Waals surface area contributed by atoms with Gasteiger partial charge in [0.1, 0.15) is 0 Å². The molecule has 0 saturated heterocycles. The number of hydrogen-bond acceptors (Lipinski definition) is 7. The molecular weight excluding hydrogens is 366 g/mol. The summed E-state index contributed by atoms with van der Waals surface area (Å²) in [6.07, 6.45) is 1.02. The number of nitrogens with one attached hydrogen (secondary N) is 1. The van der Waals surface area contributed by atoms with Gasteiger partial charge in [0.05, 0.1) is 10.1 Å². The summed E-state index contributed by atoms with van der Waals surface area (Å²) < 4.78 is 5.78. The molecule has 26 heavy (non-hydrogen) atoms. The summed E-state index contributed by atoms with van der Waals surface area (Å²) in [5.41, 5.74) is 2.32. The van der Waals surface area contributed by atoms with Crippen molar-refractivity contribution >= 4 is 23.1 Å². The molecule has 1 N–H and O–H groups in total. The van der Waals surface area contributed by atoms with Crippen LogP contribution < -0.4 is 0 Å². The molecule has 3 aromatic heterocycles. The minimum Gasteiger partial charge on any atom is -0.419 e. The van der Waals surface area contributed by atoms with Crippen LogP contribution in [0.4, 0.5) is 0 Å². The Morgan fingerprint density at radius 1 is 1.19 bits per heavy atom. The average Bonchev–Trinajstić information content (AvgIpc) is 3.41. The van der Waals surface area contributed by atoms with E-state index in [-0.39, 0.29) is 5.25 Å². The molecule has 4 aromatic rings. The van der Waals surface area contributed by atoms with Gasteiger partial charge in [0.15, 0.2) is 5.82 Å². The summed E-state index contributed by atoms with van der Waals surface area (Å²) in [7, 11) is 0. The molecular formula is C18H17N5OS2. The molecule has 0 fully saturated rings. The van der Waals surface area contributed by atoms with Crippen LogP contribution in [-0.2, 0) is 6.42 Å². The van der Waals surface area contributed by atoms with Crippen molar-refractivity contribution in [3.63, 3.8) is 0 Å². The molecule has 8 heteroatoms. The highest BCUT2D eigenvalue weighted by molar-refractivity contribution is 7.99. The number of nitrogens with zero attached hydrogens (tertiary/aromatic N) is 4. The fraction of sp³-hybridized carbons (Fsp3) is 0.222. The summed E-state index contributed by atoms with van der Waals surface area (Å²) in [5, 5.41) is 18.2. The highest BCUT2D eigenvalue weighted by Crippen LogP contribution is 2.34. The van der Waals surface area contributed by atoms with Crippen LogP contribution >= 0.6 is 23.1 Å². The molecule has 0 radical (unpaired) electrons. The van der Waals surface area contributed by atoms with Crippen LogP contribution in [0.5, 0.6) is 0 Å². The second-order valence-electron chi connectivity index (χ2n) is 5.70. The number of H-pyrrole nitrogens is 1. The topological polar surface area (TPSA) is 80.5 Å². The third-order valence-corrected chi connectivity index (χ3v) is 5.71. The Morgan fingerprint density at radius 2 is 2.04 bits per heavy atom. The zero-order chi connectivity index (χ0) is 17.9. The second-order valence-corrected chi connectivity index (χ2v) is 7.96. The normalized spacial score (nSPS) is 12.4. The van der Waals surface area contributed by atoms with Crippen molar-refractivity contribution < 1.29 is 4.42 Å². The van der Waals surface area contributed by atoms with E-state index in [4.69, 9.17) is 4.42 Å². The fourth-order valence-corrected chi connectivity index (χ4v) is 3.83. The first-order valence-electron chi connectivity index (χ1n) is 8.28. The smallest absolute Gasteiger partial charge is 0.257 e. The number of rotatable bonds is 6. The van der Waals surface area contributed by atoms with Crippen LogP contribution in [0.2, 0.25) is 0 Å². The van der Waals surface area contributed by atoms with E-state index in [0.29, 0.717) is 16.9 Å². The van der Waals surface area contributed by atoms with Crippen molar-refractivity contribution in [3.8, 4) is 22.2 Å². The Kier molecular flexibility index (Phi) is 4.85. The van der Waals surface area contributed by atoms with Gasteiger partial charge in [-0.05, 0) is 30.4 Å². The lowest BCUT2D eigenvalue weighted by Crippen LogP contribution is -1.89. The zero-order valence-electron chi connectivity index (χ0n) is 14.3. The molecule has 1 aromatic carbocycles. The molecule has 0 bridgehead atoms. The largest absolute Gasteiger partial charge is 0.419 e. The Morgan fingerprint density at radius 3 is 2.77 bits per heavy atom. The van der Waals surface area contributed by atoms with Gasteiger partial charge < -0.3 is 4.42 Å². The minimum atomic E-state index is -0.0395. The molecule has 0 saturated carbocycles. The lowest BCUT2D eigenvalue weighted by atomic mass is 10.1. The van der Waals surface area contributed by atoms with Gasteiger partial charge in [-0.3, -0.25) is 5.10 Å². The number of aromatic amines is 1. The number of thioether (sulfide) groups is 1. The van der Waals surface area contributed by atoms with Crippen molar-refractivity contribution in [2.75, 3.05) is 0 Å². The number of thiophene rings is 1. The summed E-state index contributed by atoms with van der Waals surface area (Å²) in [4.78, 5) is 5.54. The van der Waals surface area contributed by atoms with Crippen molar-refractivity contribution in [2.24, 2.45) is 0 Å². The number of aryl methyl sites for hydroxylation is 1. The van der Waals surface area contributed by atoms with Gasteiger partial charge in [-0.15, -0.1) is 26.6 Å². The van der Waals surface area contributed by atoms with E-state index in [2.05, 4.69) is 56.6 Å². The lowest BCUT2D eigenvalue weighted by molar-refractivity contribution is 0.510. The van der Waals surface area contributed by atoms with Gasteiger partial charge in [-0.1, -0.05) is 49.0 Å². The quantitative estimate of drug-likeness (QED) is 0.472. The SMILES string of the molecule is CCc1ccc(-c2nc(SC(C)c3nnc(-c4cccs4)o3)n[nH]2)cc1. The maximum absolute atomic E-state index is 5.78. The summed E-state index contributed by atoms with van der Waals surface area (Å²) in [5.74, 6) is 1.87. The van der Waals surface area contributed by atoms with Gasteiger partial charge >= 0.3 is 0 Å². The molecule has 0 amide bonds. The Balaban J connectivity index is 1.46. The van der Waals surface area contributed by atoms with E-state index in [1.54, 1.807) is 11.3 Å². The van der Waals surface area contributed by atoms with Gasteiger partial charge in [-0.2, -0.15) is 0 Å². The minimum absolute atomic E-state index is 0.0395. The monoisotopic (exact) mass is 383 g/mol. The first kappa shape index (κ1) is 17.0. The third kappa shape index (κ3) is 3.56. The molecule has 0 aliphatic heterocycles. The molecule has 4 rings (SSSR count). The fourth-order valence-electron chi connectivity index (χ4n) is 2.43. The number of benzene rings is 1. The van der Waals surface area contributed by atoms with Crippen LogP contribution in [0.1, 0.15) is 30.6 Å². The lowest BCUT2D eigenvalue weighted by Gasteiger charge is -2.02. The predicted molar refractivity (Wildman–Crippen MR) is 103 cm³/mol. The molecule has 0 aliphatic rings. The maximum atomic E-state index is 5.78. The molecule has 0 spiro atoms. The van der Waals surface area contributed by atoms with Gasteiger partial charge in [0.2, 0.25) is 11.0 Å². The predicted octanol–water partition coefficient (Wildman–Crippen LogP) is 5.00. The van der Waals surface area contributed by atoms with E-state index in [0.717, 1.165) is 22.7 Å². The second kappa shape index (κ2) is 7.43. The Bertz CT molecular complexity index is 975. The first-order valence-corrected chi connectivity index (χ1v) is 10.0. The van der Waals surface area contributed by atoms with Crippen LogP contribution in [0.3, 0.4) is 0 Å². The number of hydrogen-bond donors (Lipinski definition) is 1. The highest BCUT2D eigenvalue weighted by atomic mass is 32.2. The molecule has 0 aliphatic carbocycles. The van der Waals surface area contributed by atoms with E-state index in [9.17, 15) is 0 Å². The van der Waals surface area contributed by atoms with Crippen molar-refractivity contribution in [1.82, 2.24) is 25.4 Å². The molecule has 3 heterocycles. The molecule has 1 unspecified atom stereocenters. The Hall–Kier alpha value is -2.45. The van der Waals surface area contributed by atoms with Crippen molar-refractivity contribution in [2.45, 2.75) is 30.7 Å². The van der Waals surface area contributed by atoms with E-state index < -0.39 is 0 Å². The van der Waals surface area contributed by atoms with E-state index >= 15 is 0 Å². The summed E-state index contributed by atoms with van der Waals surface area (Å²) in [6.45, 7) is 4.14. The maximum Gasteiger partial charge on any atom is 0.257 e. The van der Waals surface area contributed by atoms with Crippen molar-refractivity contribution in [1.29, 1.82) is 0 Å². The summed E-state index contributed by atoms with van der Waals surface area (Å²) >= 11 is 3.06. The van der Waals surface area contributed by atoms with Crippen LogP contribution in [0.25, 0.3) is 22.2 Å². The van der Waals surface area contributed by atoms with Gasteiger partial charge in [0.25, 0.3) is 5.89 Å². The van der Waals surface area contributed by atoms with Crippen LogP contribution in [-0.4, -0.2) is 25.4 Å². The number of aromatic nitrogens is 5. The molecule has 1 atom stereocenters. The standard InChI is InChI=1S/C18H17N5OS2/c1-3-12-6-8-13(9-7-12)15-19-18(23-20-15)26-11(2)16-21-22-17(24-16)14-5-4-10-25-14/h4-11H,3H2,1-2H3,(H,19,20,23). The average molecular weight is 384 g/mol. The van der Waals surface area contributed by atoms with E-state index in [1.165, 1.54) is 17.3 Å². The Labute approximate surface area is 159 Å².